The van der Waals surface area contributed by atoms with Crippen LogP contribution in [-0.4, -0.2) is 37.5 Å². The zero-order valence-electron chi connectivity index (χ0n) is 11.5. The van der Waals surface area contributed by atoms with Crippen LogP contribution in [0.4, 0.5) is 5.69 Å². The number of hydrogen-bond acceptors (Lipinski definition) is 2. The van der Waals surface area contributed by atoms with Crippen LogP contribution in [0.3, 0.4) is 0 Å². The van der Waals surface area contributed by atoms with Gasteiger partial charge in [0, 0.05) is 0 Å². The summed E-state index contributed by atoms with van der Waals surface area (Å²) in [5.74, 6) is 0. The van der Waals surface area contributed by atoms with Crippen molar-refractivity contribution in [3.63, 3.8) is 0 Å². The molecule has 1 aromatic rings. The molecule has 0 spiro atoms. The first-order valence-electron chi connectivity index (χ1n) is 5.33. The number of nitrogens with zero attached hydrogens (tertiary/aromatic N) is 2. The van der Waals surface area contributed by atoms with Gasteiger partial charge >= 0.3 is 0 Å². The molecule has 1 aromatic carbocycles. The molecule has 0 aliphatic heterocycles. The maximum atomic E-state index is 8.83. The van der Waals surface area contributed by atoms with Gasteiger partial charge in [-0.25, -0.2) is 0 Å². The van der Waals surface area contributed by atoms with E-state index in [0.717, 1.165) is 5.56 Å². The van der Waals surface area contributed by atoms with Crippen LogP contribution in [0, 0.1) is 11.3 Å². The van der Waals surface area contributed by atoms with Crippen LogP contribution in [0.5, 0.6) is 0 Å². The van der Waals surface area contributed by atoms with Crippen molar-refractivity contribution in [3.05, 3.63) is 29.8 Å². The number of nitriles is 1. The average molecular weight is 270 g/mol. The molecule has 0 aliphatic rings. The summed E-state index contributed by atoms with van der Waals surface area (Å²) in [6.07, 6.45) is 13.9. The van der Waals surface area contributed by atoms with Gasteiger partial charge < -0.3 is 0 Å². The van der Waals surface area contributed by atoms with Crippen molar-refractivity contribution in [1.29, 1.82) is 5.26 Å². The van der Waals surface area contributed by atoms with E-state index in [1.54, 1.807) is 0 Å². The van der Waals surface area contributed by atoms with Gasteiger partial charge in [-0.05, 0) is 61.8 Å². The molecule has 0 saturated heterocycles. The molecule has 0 amide bonds. The molecule has 1 rings (SSSR count). The fourth-order valence-corrected chi connectivity index (χ4v) is 8.84. The summed E-state index contributed by atoms with van der Waals surface area (Å²) < 4.78 is 2.54. The van der Waals surface area contributed by atoms with Gasteiger partial charge in [0.05, 0.1) is 17.3 Å². The SMILES string of the molecule is CS(C)(C)N(c1ccc(C#N)cc1)S(C)(C)C. The molecule has 0 fully saturated rings. The molecular formula is C13H22N2S2. The monoisotopic (exact) mass is 270 g/mol. The van der Waals surface area contributed by atoms with Gasteiger partial charge in [-0.1, -0.05) is 0 Å². The predicted molar refractivity (Wildman–Crippen MR) is 84.4 cm³/mol. The van der Waals surface area contributed by atoms with E-state index in [2.05, 4.69) is 59.4 Å². The molecule has 0 radical (unpaired) electrons. The zero-order chi connectivity index (χ0) is 13.3. The Balaban J connectivity index is 3.20. The fourth-order valence-electron chi connectivity index (χ4n) is 1.96. The lowest BCUT2D eigenvalue weighted by atomic mass is 10.2. The minimum Gasteiger partial charge on any atom is -0.298 e. The van der Waals surface area contributed by atoms with Crippen molar-refractivity contribution in [2.45, 2.75) is 0 Å². The predicted octanol–water partition coefficient (Wildman–Crippen LogP) is 3.58. The zero-order valence-corrected chi connectivity index (χ0v) is 13.2. The molecule has 0 aromatic heterocycles. The summed E-state index contributed by atoms with van der Waals surface area (Å²) in [7, 11) is -1.62. The lowest BCUT2D eigenvalue weighted by molar-refractivity contribution is 1.47. The summed E-state index contributed by atoms with van der Waals surface area (Å²) in [5, 5.41) is 8.83. The van der Waals surface area contributed by atoms with Crippen LogP contribution < -0.4 is 3.71 Å². The normalized spacial score (nSPS) is 13.9. The summed E-state index contributed by atoms with van der Waals surface area (Å²) in [6, 6.07) is 10.1. The summed E-state index contributed by atoms with van der Waals surface area (Å²) in [4.78, 5) is 0. The second-order valence-electron chi connectivity index (χ2n) is 5.46. The highest BCUT2D eigenvalue weighted by molar-refractivity contribution is 8.49. The maximum absolute atomic E-state index is 8.83. The van der Waals surface area contributed by atoms with Crippen LogP contribution in [0.25, 0.3) is 0 Å². The minimum absolute atomic E-state index is 0.724. The van der Waals surface area contributed by atoms with Gasteiger partial charge in [-0.15, -0.1) is 0 Å². The Bertz CT molecular complexity index is 405. The molecule has 0 N–H and O–H groups in total. The first kappa shape index (κ1) is 14.3. The van der Waals surface area contributed by atoms with Crippen molar-refractivity contribution in [2.75, 3.05) is 41.2 Å². The molecule has 0 atom stereocenters. The van der Waals surface area contributed by atoms with E-state index in [-0.39, 0.29) is 0 Å². The first-order chi connectivity index (χ1) is 7.66. The van der Waals surface area contributed by atoms with Crippen molar-refractivity contribution in [1.82, 2.24) is 0 Å². The Morgan fingerprint density at radius 2 is 1.29 bits per heavy atom. The van der Waals surface area contributed by atoms with Crippen LogP contribution >= 0.6 is 20.4 Å². The number of hydrogen-bond donors (Lipinski definition) is 0. The second kappa shape index (κ2) is 4.83. The smallest absolute Gasteiger partial charge is 0.0991 e. The van der Waals surface area contributed by atoms with Gasteiger partial charge in [0.15, 0.2) is 0 Å². The lowest BCUT2D eigenvalue weighted by Crippen LogP contribution is -2.28. The largest absolute Gasteiger partial charge is 0.298 e. The molecule has 96 valence electrons. The van der Waals surface area contributed by atoms with Gasteiger partial charge in [0.2, 0.25) is 0 Å². The fraction of sp³-hybridized carbons (Fsp3) is 0.462. The summed E-state index contributed by atoms with van der Waals surface area (Å²) in [5.41, 5.74) is 1.95. The van der Waals surface area contributed by atoms with E-state index in [9.17, 15) is 0 Å². The minimum atomic E-state index is -0.808. The van der Waals surface area contributed by atoms with Crippen LogP contribution in [0.15, 0.2) is 24.3 Å². The van der Waals surface area contributed by atoms with Gasteiger partial charge in [-0.3, -0.25) is 3.71 Å². The van der Waals surface area contributed by atoms with Crippen LogP contribution in [0.2, 0.25) is 0 Å². The van der Waals surface area contributed by atoms with Crippen molar-refractivity contribution >= 4 is 26.1 Å². The van der Waals surface area contributed by atoms with Crippen molar-refractivity contribution in [3.8, 4) is 6.07 Å². The van der Waals surface area contributed by atoms with E-state index in [1.807, 2.05) is 12.1 Å². The van der Waals surface area contributed by atoms with E-state index in [1.165, 1.54) is 5.69 Å². The Hall–Kier alpha value is -0.790. The van der Waals surface area contributed by atoms with Gasteiger partial charge in [-0.2, -0.15) is 25.7 Å². The molecule has 0 unspecified atom stereocenters. The highest BCUT2D eigenvalue weighted by Crippen LogP contribution is 2.59. The standard InChI is InChI=1S/C13H22N2S2/c1-16(2,3)15(17(4,5)6)13-9-7-12(11-14)8-10-13/h7-10H,1-6H3. The quantitative estimate of drug-likeness (QED) is 0.839. The molecule has 0 heterocycles. The van der Waals surface area contributed by atoms with E-state index >= 15 is 0 Å². The highest BCUT2D eigenvalue weighted by Gasteiger charge is 2.25. The Labute approximate surface area is 109 Å². The summed E-state index contributed by atoms with van der Waals surface area (Å²) >= 11 is 0. The molecule has 4 heteroatoms. The van der Waals surface area contributed by atoms with Crippen LogP contribution in [0.1, 0.15) is 5.56 Å². The molecule has 2 nitrogen and oxygen atoms in total. The third-order valence-corrected chi connectivity index (χ3v) is 7.30. The Morgan fingerprint density at radius 3 is 1.59 bits per heavy atom. The molecule has 0 aliphatic carbocycles. The van der Waals surface area contributed by atoms with Crippen molar-refractivity contribution < 1.29 is 0 Å². The van der Waals surface area contributed by atoms with E-state index in [0.29, 0.717) is 0 Å². The second-order valence-corrected chi connectivity index (χ2v) is 13.5. The third kappa shape index (κ3) is 3.58. The molecular weight excluding hydrogens is 248 g/mol. The molecule has 0 saturated carbocycles. The number of rotatable bonds is 3. The number of anilines is 1. The maximum Gasteiger partial charge on any atom is 0.0991 e. The van der Waals surface area contributed by atoms with E-state index in [4.69, 9.17) is 5.26 Å². The molecule has 0 bridgehead atoms. The molecule has 17 heavy (non-hydrogen) atoms. The topological polar surface area (TPSA) is 27.0 Å². The third-order valence-electron chi connectivity index (χ3n) is 2.20. The van der Waals surface area contributed by atoms with Gasteiger partial charge in [0.25, 0.3) is 0 Å². The lowest BCUT2D eigenvalue weighted by Gasteiger charge is -2.52. The van der Waals surface area contributed by atoms with Crippen molar-refractivity contribution in [2.24, 2.45) is 0 Å². The average Bonchev–Trinajstić information content (AvgIpc) is 2.14. The highest BCUT2D eigenvalue weighted by atomic mass is 32.3. The Kier molecular flexibility index (Phi) is 4.06. The number of benzene rings is 1. The summed E-state index contributed by atoms with van der Waals surface area (Å²) in [6.45, 7) is 0. The van der Waals surface area contributed by atoms with Crippen LogP contribution in [-0.2, 0) is 0 Å². The Morgan fingerprint density at radius 1 is 0.882 bits per heavy atom. The first-order valence-corrected chi connectivity index (χ1v) is 11.0. The van der Waals surface area contributed by atoms with Gasteiger partial charge in [0.1, 0.15) is 0 Å². The van der Waals surface area contributed by atoms with E-state index < -0.39 is 20.4 Å².